The molecule has 0 atom stereocenters. The van der Waals surface area contributed by atoms with Gasteiger partial charge >= 0.3 is 0 Å². The Morgan fingerprint density at radius 2 is 0.893 bits per heavy atom. The number of aromatic nitrogens is 3. The second kappa shape index (κ2) is 11.9. The van der Waals surface area contributed by atoms with Crippen LogP contribution in [0.15, 0.2) is 185 Å². The maximum atomic E-state index is 6.75. The van der Waals surface area contributed by atoms with Crippen molar-refractivity contribution in [3.8, 4) is 45.3 Å². The summed E-state index contributed by atoms with van der Waals surface area (Å²) in [6, 6.07) is 60.9. The van der Waals surface area contributed by atoms with Gasteiger partial charge in [0.15, 0.2) is 17.5 Å². The van der Waals surface area contributed by atoms with Crippen LogP contribution in [0, 0.1) is 0 Å². The minimum Gasteiger partial charge on any atom is -0.455 e. The van der Waals surface area contributed by atoms with Crippen molar-refractivity contribution in [2.24, 2.45) is 0 Å². The molecule has 0 spiro atoms. The molecule has 0 unspecified atom stereocenters. The summed E-state index contributed by atoms with van der Waals surface area (Å²) >= 11 is 0. The van der Waals surface area contributed by atoms with Crippen molar-refractivity contribution in [2.75, 3.05) is 0 Å². The van der Waals surface area contributed by atoms with Crippen LogP contribution in [0.4, 0.5) is 0 Å². The van der Waals surface area contributed by atoms with Crippen molar-refractivity contribution in [3.63, 3.8) is 0 Å². The van der Waals surface area contributed by atoms with Gasteiger partial charge in [0.05, 0.1) is 0 Å². The predicted molar refractivity (Wildman–Crippen MR) is 229 cm³/mol. The van der Waals surface area contributed by atoms with Gasteiger partial charge < -0.3 is 8.83 Å². The van der Waals surface area contributed by atoms with E-state index in [0.29, 0.717) is 17.5 Å². The van der Waals surface area contributed by atoms with E-state index in [4.69, 9.17) is 23.8 Å². The molecule has 12 rings (SSSR count). The monoisotopic (exact) mass is 715 g/mol. The van der Waals surface area contributed by atoms with E-state index in [0.717, 1.165) is 87.9 Å². The summed E-state index contributed by atoms with van der Waals surface area (Å²) in [6.45, 7) is 0. The lowest BCUT2D eigenvalue weighted by molar-refractivity contribution is 0.669. The second-order valence-electron chi connectivity index (χ2n) is 14.3. The van der Waals surface area contributed by atoms with E-state index in [1.54, 1.807) is 0 Å². The Kier molecular flexibility index (Phi) is 6.56. The standard InChI is InChI=1S/C51H29N3O2/c1-2-12-33(13-3-1)49-52-50(35-21-20-32-19-18-30-10-4-6-14-36(30)43(32)28-35)54-51(53-49)42-27-26-38(48-46(42)41-16-8-9-17-44(41)55-48)34-23-24-39-40-25-22-31-11-5-7-15-37(31)47(40)56-45(39)29-34/h1-29H. The number of para-hydroxylation sites is 1. The van der Waals surface area contributed by atoms with Gasteiger partial charge in [-0.15, -0.1) is 0 Å². The number of fused-ring (bicyclic) bond motifs is 11. The third-order valence-corrected chi connectivity index (χ3v) is 11.1. The highest BCUT2D eigenvalue weighted by molar-refractivity contribution is 6.18. The highest BCUT2D eigenvalue weighted by Gasteiger charge is 2.22. The smallest absolute Gasteiger partial charge is 0.164 e. The van der Waals surface area contributed by atoms with Gasteiger partial charge in [-0.25, -0.2) is 15.0 Å². The fourth-order valence-corrected chi connectivity index (χ4v) is 8.40. The minimum atomic E-state index is 0.578. The molecule has 0 amide bonds. The van der Waals surface area contributed by atoms with Crippen LogP contribution in [0.3, 0.4) is 0 Å². The second-order valence-corrected chi connectivity index (χ2v) is 14.3. The number of hydrogen-bond acceptors (Lipinski definition) is 5. The summed E-state index contributed by atoms with van der Waals surface area (Å²) in [5.74, 6) is 1.79. The van der Waals surface area contributed by atoms with Crippen LogP contribution in [0.1, 0.15) is 0 Å². The van der Waals surface area contributed by atoms with Gasteiger partial charge in [-0.2, -0.15) is 0 Å². The first-order chi connectivity index (χ1) is 27.7. The molecule has 0 aliphatic rings. The SMILES string of the molecule is c1ccc(-c2nc(-c3ccc4ccc5ccccc5c4c3)nc(-c3ccc(-c4ccc5c(c4)oc4c6ccccc6ccc54)c4oc5ccccc5c34)n2)cc1. The molecule has 12 aromatic rings. The lowest BCUT2D eigenvalue weighted by Crippen LogP contribution is -2.00. The molecular formula is C51H29N3O2. The first-order valence-corrected chi connectivity index (χ1v) is 18.8. The maximum Gasteiger partial charge on any atom is 0.164 e. The molecule has 0 aliphatic carbocycles. The van der Waals surface area contributed by atoms with E-state index < -0.39 is 0 Å². The van der Waals surface area contributed by atoms with E-state index in [-0.39, 0.29) is 0 Å². The normalized spacial score (nSPS) is 11.9. The van der Waals surface area contributed by atoms with Gasteiger partial charge in [0.1, 0.15) is 22.3 Å². The van der Waals surface area contributed by atoms with Gasteiger partial charge in [-0.05, 0) is 75.0 Å². The highest BCUT2D eigenvalue weighted by Crippen LogP contribution is 2.43. The third-order valence-electron chi connectivity index (χ3n) is 11.1. The Morgan fingerprint density at radius 3 is 1.75 bits per heavy atom. The van der Waals surface area contributed by atoms with Crippen LogP contribution < -0.4 is 0 Å². The Balaban J connectivity index is 1.08. The maximum absolute atomic E-state index is 6.75. The summed E-state index contributed by atoms with van der Waals surface area (Å²) in [4.78, 5) is 15.5. The number of rotatable bonds is 4. The Hall–Kier alpha value is -7.63. The molecule has 0 saturated heterocycles. The van der Waals surface area contributed by atoms with Gasteiger partial charge in [0.2, 0.25) is 0 Å². The highest BCUT2D eigenvalue weighted by atomic mass is 16.3. The summed E-state index contributed by atoms with van der Waals surface area (Å²) in [5, 5.41) is 11.1. The quantitative estimate of drug-likeness (QED) is 0.170. The van der Waals surface area contributed by atoms with Crippen molar-refractivity contribution in [3.05, 3.63) is 176 Å². The van der Waals surface area contributed by atoms with Gasteiger partial charge in [-0.1, -0.05) is 133 Å². The lowest BCUT2D eigenvalue weighted by Gasteiger charge is -2.12. The zero-order valence-corrected chi connectivity index (χ0v) is 29.9. The number of nitrogens with zero attached hydrogens (tertiary/aromatic N) is 3. The first kappa shape index (κ1) is 30.8. The molecule has 0 N–H and O–H groups in total. The van der Waals surface area contributed by atoms with Crippen LogP contribution in [0.5, 0.6) is 0 Å². The molecule has 5 nitrogen and oxygen atoms in total. The summed E-state index contributed by atoms with van der Waals surface area (Å²) in [7, 11) is 0. The van der Waals surface area contributed by atoms with Crippen molar-refractivity contribution in [1.82, 2.24) is 15.0 Å². The van der Waals surface area contributed by atoms with E-state index in [1.165, 1.54) is 16.2 Å². The zero-order chi connectivity index (χ0) is 36.7. The third kappa shape index (κ3) is 4.71. The molecule has 0 radical (unpaired) electrons. The summed E-state index contributed by atoms with van der Waals surface area (Å²) in [5.41, 5.74) is 7.98. The molecule has 9 aromatic carbocycles. The number of hydrogen-bond donors (Lipinski definition) is 0. The Labute approximate surface area is 320 Å². The molecule has 0 saturated carbocycles. The average molecular weight is 716 g/mol. The molecule has 0 fully saturated rings. The van der Waals surface area contributed by atoms with Gasteiger partial charge in [0.25, 0.3) is 0 Å². The van der Waals surface area contributed by atoms with Crippen LogP contribution in [0.2, 0.25) is 0 Å². The molecule has 260 valence electrons. The summed E-state index contributed by atoms with van der Waals surface area (Å²) < 4.78 is 13.3. The predicted octanol–water partition coefficient (Wildman–Crippen LogP) is 13.8. The van der Waals surface area contributed by atoms with Crippen molar-refractivity contribution >= 4 is 76.2 Å². The average Bonchev–Trinajstić information content (AvgIpc) is 3.85. The van der Waals surface area contributed by atoms with E-state index in [2.05, 4.69) is 127 Å². The number of benzene rings is 9. The van der Waals surface area contributed by atoms with Crippen molar-refractivity contribution < 1.29 is 8.83 Å². The van der Waals surface area contributed by atoms with Gasteiger partial charge in [-0.3, -0.25) is 0 Å². The van der Waals surface area contributed by atoms with E-state index >= 15 is 0 Å². The largest absolute Gasteiger partial charge is 0.455 e. The van der Waals surface area contributed by atoms with Crippen LogP contribution in [-0.4, -0.2) is 15.0 Å². The van der Waals surface area contributed by atoms with E-state index in [9.17, 15) is 0 Å². The summed E-state index contributed by atoms with van der Waals surface area (Å²) in [6.07, 6.45) is 0. The van der Waals surface area contributed by atoms with Crippen molar-refractivity contribution in [1.29, 1.82) is 0 Å². The van der Waals surface area contributed by atoms with Crippen LogP contribution >= 0.6 is 0 Å². The van der Waals surface area contributed by atoms with Crippen molar-refractivity contribution in [2.45, 2.75) is 0 Å². The first-order valence-electron chi connectivity index (χ1n) is 18.8. The molecule has 56 heavy (non-hydrogen) atoms. The molecule has 0 aliphatic heterocycles. The van der Waals surface area contributed by atoms with Crippen LogP contribution in [-0.2, 0) is 0 Å². The topological polar surface area (TPSA) is 65.0 Å². The van der Waals surface area contributed by atoms with E-state index in [1.807, 2.05) is 48.5 Å². The molecule has 3 aromatic heterocycles. The van der Waals surface area contributed by atoms with Crippen LogP contribution in [0.25, 0.3) is 121 Å². The Morgan fingerprint density at radius 1 is 0.304 bits per heavy atom. The molecule has 0 bridgehead atoms. The minimum absolute atomic E-state index is 0.578. The fourth-order valence-electron chi connectivity index (χ4n) is 8.40. The molecule has 5 heteroatoms. The lowest BCUT2D eigenvalue weighted by atomic mass is 9.97. The fraction of sp³-hybridized carbons (Fsp3) is 0. The van der Waals surface area contributed by atoms with Gasteiger partial charge in [0, 0.05) is 49.2 Å². The Bertz CT molecular complexity index is 3550. The zero-order valence-electron chi connectivity index (χ0n) is 29.9. The molecular weight excluding hydrogens is 687 g/mol. The number of furan rings is 2. The molecule has 3 heterocycles.